The Morgan fingerprint density at radius 3 is 1.21 bits per heavy atom. The fraction of sp³-hybridized carbons (Fsp3) is 0.590. The molecule has 0 aliphatic carbocycles. The summed E-state index contributed by atoms with van der Waals surface area (Å²) in [5, 5.41) is 18.5. The van der Waals surface area contributed by atoms with Gasteiger partial charge in [0.15, 0.2) is 0 Å². The van der Waals surface area contributed by atoms with Gasteiger partial charge in [0.05, 0.1) is 39.4 Å². The zero-order chi connectivity index (χ0) is 42.4. The van der Waals surface area contributed by atoms with E-state index < -0.39 is 45.8 Å². The topological polar surface area (TPSA) is 232 Å². The standard InChI is InChI=1S/C18H25NO8.C18H27NO6.CH4O.2CH4/c1-17(2,3)11-8-12(18(4,5)10-26-15(20)24-6)14(27-16(21)25-7)9-13(11)19(22)23;1-17(2,3)11-8-12(18(4,5)10-24-15(20)22-6)14(9-13(11)19)25-16(21)23-7;1-2;;/h8-9H,10H2,1-7H3;8-9H,10,19H2,1-7H3;2H,1H3;2*1H4. The van der Waals surface area contributed by atoms with Crippen LogP contribution >= 0.6 is 0 Å². The molecule has 0 unspecified atom stereocenters. The van der Waals surface area contributed by atoms with Crippen LogP contribution < -0.4 is 15.2 Å². The molecule has 0 aliphatic rings. The van der Waals surface area contributed by atoms with Crippen LogP contribution in [0.5, 0.6) is 11.5 Å². The Morgan fingerprint density at radius 2 is 0.911 bits per heavy atom. The molecule has 2 aromatic carbocycles. The zero-order valence-electron chi connectivity index (χ0n) is 33.9. The van der Waals surface area contributed by atoms with Crippen molar-refractivity contribution in [1.82, 2.24) is 0 Å². The van der Waals surface area contributed by atoms with Crippen LogP contribution in [0.4, 0.5) is 30.6 Å². The first-order chi connectivity index (χ1) is 24.7. The lowest BCUT2D eigenvalue weighted by atomic mass is 9.78. The summed E-state index contributed by atoms with van der Waals surface area (Å²) >= 11 is 0. The highest BCUT2D eigenvalue weighted by atomic mass is 16.7. The normalized spacial score (nSPS) is 10.9. The van der Waals surface area contributed by atoms with Crippen LogP contribution in [0.3, 0.4) is 0 Å². The van der Waals surface area contributed by atoms with Crippen LogP contribution in [0.15, 0.2) is 24.3 Å². The van der Waals surface area contributed by atoms with Gasteiger partial charge in [-0.05, 0) is 28.5 Å². The Kier molecular flexibility index (Phi) is 22.5. The molecule has 17 heteroatoms. The minimum absolute atomic E-state index is 0. The molecule has 0 saturated heterocycles. The molecule has 0 aliphatic heterocycles. The third kappa shape index (κ3) is 16.2. The second kappa shape index (κ2) is 22.9. The van der Waals surface area contributed by atoms with Crippen LogP contribution in [0.1, 0.15) is 106 Å². The number of nitrogens with two attached hydrogens (primary N) is 1. The average molecular weight is 801 g/mol. The van der Waals surface area contributed by atoms with Crippen LogP contribution in [-0.4, -0.2) is 83.4 Å². The van der Waals surface area contributed by atoms with E-state index in [4.69, 9.17) is 29.8 Å². The number of hydrogen-bond donors (Lipinski definition) is 2. The molecule has 0 aromatic heterocycles. The van der Waals surface area contributed by atoms with E-state index in [1.54, 1.807) is 26.0 Å². The highest BCUT2D eigenvalue weighted by molar-refractivity contribution is 5.69. The summed E-state index contributed by atoms with van der Waals surface area (Å²) in [6, 6.07) is 6.24. The van der Waals surface area contributed by atoms with Gasteiger partial charge in [0.2, 0.25) is 0 Å². The number of benzene rings is 2. The third-order valence-electron chi connectivity index (χ3n) is 7.68. The maximum absolute atomic E-state index is 11.6. The molecule has 0 amide bonds. The SMILES string of the molecule is C.C.CO.COC(=O)OCC(C)(C)c1cc(C(C)(C)C)c(N)cc1OC(=O)OC.COC(=O)OCC(C)(C)c1cc(C(C)(C)C)c([N+](=O)[O-])cc1OC(=O)OC. The van der Waals surface area contributed by atoms with Gasteiger partial charge in [-0.15, -0.1) is 0 Å². The van der Waals surface area contributed by atoms with Gasteiger partial charge in [-0.3, -0.25) is 10.1 Å². The number of carbonyl (C=O) groups is 4. The molecule has 0 radical (unpaired) electrons. The van der Waals surface area contributed by atoms with E-state index in [1.165, 1.54) is 27.4 Å². The highest BCUT2D eigenvalue weighted by Crippen LogP contribution is 2.42. The van der Waals surface area contributed by atoms with E-state index in [2.05, 4.69) is 18.9 Å². The molecule has 2 aromatic rings. The number of anilines is 1. The second-order valence-electron chi connectivity index (χ2n) is 14.9. The van der Waals surface area contributed by atoms with Crippen molar-refractivity contribution in [1.29, 1.82) is 0 Å². The summed E-state index contributed by atoms with van der Waals surface area (Å²) in [5.74, 6) is 0.218. The molecule has 2 rings (SSSR count). The Morgan fingerprint density at radius 1 is 0.589 bits per heavy atom. The Labute approximate surface area is 331 Å². The van der Waals surface area contributed by atoms with Crippen molar-refractivity contribution in [2.75, 3.05) is 54.5 Å². The number of ether oxygens (including phenoxy) is 8. The van der Waals surface area contributed by atoms with Crippen LogP contribution in [0, 0.1) is 10.1 Å². The minimum Gasteiger partial charge on any atom is -0.438 e. The number of methoxy groups -OCH3 is 4. The van der Waals surface area contributed by atoms with Crippen molar-refractivity contribution < 1.29 is 67.1 Å². The molecule has 0 saturated carbocycles. The number of aliphatic hydroxyl groups is 1. The number of nitrogens with zero attached hydrogens (tertiary/aromatic N) is 1. The number of rotatable bonds is 9. The predicted molar refractivity (Wildman–Crippen MR) is 212 cm³/mol. The lowest BCUT2D eigenvalue weighted by Crippen LogP contribution is -2.28. The molecule has 56 heavy (non-hydrogen) atoms. The zero-order valence-corrected chi connectivity index (χ0v) is 33.9. The third-order valence-corrected chi connectivity index (χ3v) is 7.68. The molecule has 0 fully saturated rings. The molecular formula is C39H64N2O15. The lowest BCUT2D eigenvalue weighted by Gasteiger charge is -2.30. The van der Waals surface area contributed by atoms with E-state index >= 15 is 0 Å². The van der Waals surface area contributed by atoms with Gasteiger partial charge in [0.25, 0.3) is 5.69 Å². The number of nitro groups is 1. The van der Waals surface area contributed by atoms with Crippen molar-refractivity contribution in [3.63, 3.8) is 0 Å². The minimum atomic E-state index is -1.02. The van der Waals surface area contributed by atoms with Crippen molar-refractivity contribution in [3.8, 4) is 11.5 Å². The molecule has 0 atom stereocenters. The van der Waals surface area contributed by atoms with Gasteiger partial charge in [0.1, 0.15) is 24.7 Å². The summed E-state index contributed by atoms with van der Waals surface area (Å²) in [7, 11) is 5.78. The number of aliphatic hydroxyl groups excluding tert-OH is 1. The molecular weight excluding hydrogens is 736 g/mol. The number of nitrogen functional groups attached to an aromatic ring is 1. The quantitative estimate of drug-likeness (QED) is 0.0602. The molecule has 0 bridgehead atoms. The van der Waals surface area contributed by atoms with Gasteiger partial charge in [-0.25, -0.2) is 19.2 Å². The van der Waals surface area contributed by atoms with Crippen LogP contribution in [-0.2, 0) is 50.1 Å². The van der Waals surface area contributed by atoms with Gasteiger partial charge in [0, 0.05) is 46.4 Å². The molecule has 3 N–H and O–H groups in total. The summed E-state index contributed by atoms with van der Waals surface area (Å²) in [6.45, 7) is 18.7. The fourth-order valence-corrected chi connectivity index (χ4v) is 4.81. The summed E-state index contributed by atoms with van der Waals surface area (Å²) in [6.07, 6.45) is -3.51. The fourth-order valence-electron chi connectivity index (χ4n) is 4.81. The highest BCUT2D eigenvalue weighted by Gasteiger charge is 2.35. The van der Waals surface area contributed by atoms with E-state index in [0.29, 0.717) is 22.4 Å². The first-order valence-corrected chi connectivity index (χ1v) is 16.4. The van der Waals surface area contributed by atoms with E-state index in [1.807, 2.05) is 61.5 Å². The first-order valence-electron chi connectivity index (χ1n) is 16.4. The van der Waals surface area contributed by atoms with Gasteiger partial charge in [-0.2, -0.15) is 0 Å². The largest absolute Gasteiger partial charge is 0.513 e. The second-order valence-corrected chi connectivity index (χ2v) is 14.9. The molecule has 0 heterocycles. The van der Waals surface area contributed by atoms with Crippen LogP contribution in [0.25, 0.3) is 0 Å². The van der Waals surface area contributed by atoms with Gasteiger partial charge >= 0.3 is 24.6 Å². The summed E-state index contributed by atoms with van der Waals surface area (Å²) in [4.78, 5) is 56.8. The summed E-state index contributed by atoms with van der Waals surface area (Å²) < 4.78 is 38.5. The van der Waals surface area contributed by atoms with E-state index in [-0.39, 0.29) is 50.7 Å². The van der Waals surface area contributed by atoms with Gasteiger partial charge < -0.3 is 48.7 Å². The molecule has 17 nitrogen and oxygen atoms in total. The Bertz CT molecular complexity index is 1620. The molecule has 0 spiro atoms. The molecule has 320 valence electrons. The maximum atomic E-state index is 11.6. The monoisotopic (exact) mass is 800 g/mol. The maximum Gasteiger partial charge on any atom is 0.513 e. The average Bonchev–Trinajstić information content (AvgIpc) is 3.09. The number of carbonyl (C=O) groups excluding carboxylic acids is 4. The number of nitro benzene ring substituents is 1. The van der Waals surface area contributed by atoms with Crippen LogP contribution in [0.2, 0.25) is 0 Å². The summed E-state index contributed by atoms with van der Waals surface area (Å²) in [5.41, 5.74) is 6.64. The Hall–Kier alpha value is -5.32. The van der Waals surface area contributed by atoms with Crippen molar-refractivity contribution in [3.05, 3.63) is 56.6 Å². The van der Waals surface area contributed by atoms with Crippen molar-refractivity contribution in [2.45, 2.75) is 106 Å². The van der Waals surface area contributed by atoms with Crippen molar-refractivity contribution in [2.24, 2.45) is 0 Å². The Balaban J connectivity index is -0.000000931. The predicted octanol–water partition coefficient (Wildman–Crippen LogP) is 8.75. The van der Waals surface area contributed by atoms with Gasteiger partial charge in [-0.1, -0.05) is 84.1 Å². The van der Waals surface area contributed by atoms with E-state index in [9.17, 15) is 29.3 Å². The van der Waals surface area contributed by atoms with E-state index in [0.717, 1.165) is 19.8 Å². The first kappa shape index (κ1) is 55.0. The lowest BCUT2D eigenvalue weighted by molar-refractivity contribution is -0.386. The smallest absolute Gasteiger partial charge is 0.438 e. The number of hydrogen-bond acceptors (Lipinski definition) is 16. The van der Waals surface area contributed by atoms with Crippen molar-refractivity contribution >= 4 is 36.0 Å².